The summed E-state index contributed by atoms with van der Waals surface area (Å²) in [5.41, 5.74) is 10.4. The number of aromatic nitrogens is 2. The molecule has 0 aliphatic heterocycles. The van der Waals surface area contributed by atoms with Gasteiger partial charge in [-0.3, -0.25) is 0 Å². The maximum absolute atomic E-state index is 5.83. The van der Waals surface area contributed by atoms with E-state index in [0.29, 0.717) is 6.54 Å². The Balaban J connectivity index is 0.00000133. The van der Waals surface area contributed by atoms with Gasteiger partial charge in [-0.15, -0.1) is 12.4 Å². The van der Waals surface area contributed by atoms with E-state index >= 15 is 0 Å². The predicted molar refractivity (Wildman–Crippen MR) is 79.2 cm³/mol. The Kier molecular flexibility index (Phi) is 4.51. The molecule has 100 valence electrons. The van der Waals surface area contributed by atoms with E-state index in [-0.39, 0.29) is 12.4 Å². The molecule has 19 heavy (non-hydrogen) atoms. The molecule has 0 spiro atoms. The van der Waals surface area contributed by atoms with Crippen LogP contribution in [0.1, 0.15) is 29.8 Å². The van der Waals surface area contributed by atoms with Crippen molar-refractivity contribution in [2.45, 2.75) is 32.2 Å². The fraction of sp³-hybridized carbons (Fsp3) is 0.333. The molecule has 3 rings (SSSR count). The molecule has 0 radical (unpaired) electrons. The van der Waals surface area contributed by atoms with E-state index in [9.17, 15) is 0 Å². The first-order chi connectivity index (χ1) is 8.88. The van der Waals surface area contributed by atoms with E-state index in [1.807, 2.05) is 30.3 Å². The molecule has 0 unspecified atom stereocenters. The van der Waals surface area contributed by atoms with Crippen LogP contribution in [0.15, 0.2) is 30.3 Å². The highest BCUT2D eigenvalue weighted by Gasteiger charge is 2.17. The third kappa shape index (κ3) is 2.77. The molecule has 1 aliphatic rings. The molecule has 4 heteroatoms. The van der Waals surface area contributed by atoms with Crippen molar-refractivity contribution < 1.29 is 0 Å². The maximum atomic E-state index is 5.83. The van der Waals surface area contributed by atoms with Gasteiger partial charge in [-0.1, -0.05) is 30.3 Å². The zero-order chi connectivity index (χ0) is 12.4. The van der Waals surface area contributed by atoms with Gasteiger partial charge in [0.25, 0.3) is 0 Å². The topological polar surface area (TPSA) is 51.8 Å². The molecule has 0 atom stereocenters. The molecule has 1 aromatic carbocycles. The molecule has 1 aliphatic carbocycles. The van der Waals surface area contributed by atoms with E-state index in [1.165, 1.54) is 24.1 Å². The Labute approximate surface area is 119 Å². The normalized spacial score (nSPS) is 13.5. The Morgan fingerprint density at radius 3 is 2.47 bits per heavy atom. The molecule has 3 nitrogen and oxygen atoms in total. The summed E-state index contributed by atoms with van der Waals surface area (Å²) in [4.78, 5) is 9.36. The van der Waals surface area contributed by atoms with Crippen LogP contribution in [0.3, 0.4) is 0 Å². The van der Waals surface area contributed by atoms with Crippen molar-refractivity contribution in [1.29, 1.82) is 0 Å². The zero-order valence-electron chi connectivity index (χ0n) is 10.8. The molecule has 0 saturated heterocycles. The van der Waals surface area contributed by atoms with Gasteiger partial charge < -0.3 is 5.73 Å². The largest absolute Gasteiger partial charge is 0.325 e. The second-order valence-corrected chi connectivity index (χ2v) is 4.70. The van der Waals surface area contributed by atoms with Gasteiger partial charge in [-0.05, 0) is 31.2 Å². The van der Waals surface area contributed by atoms with Crippen LogP contribution in [-0.2, 0) is 19.4 Å². The molecular weight excluding hydrogens is 258 g/mol. The molecule has 1 heterocycles. The van der Waals surface area contributed by atoms with E-state index < -0.39 is 0 Å². The number of hydrogen-bond donors (Lipinski definition) is 1. The zero-order valence-corrected chi connectivity index (χ0v) is 11.6. The van der Waals surface area contributed by atoms with Gasteiger partial charge in [0.05, 0.1) is 5.69 Å². The van der Waals surface area contributed by atoms with Gasteiger partial charge in [0, 0.05) is 17.8 Å². The van der Waals surface area contributed by atoms with Gasteiger partial charge in [0.2, 0.25) is 0 Å². The molecule has 0 bridgehead atoms. The summed E-state index contributed by atoms with van der Waals surface area (Å²) >= 11 is 0. The Bertz CT molecular complexity index is 538. The fourth-order valence-corrected chi connectivity index (χ4v) is 2.56. The second-order valence-electron chi connectivity index (χ2n) is 4.70. The summed E-state index contributed by atoms with van der Waals surface area (Å²) in [6, 6.07) is 10.1. The molecule has 0 amide bonds. The minimum Gasteiger partial charge on any atom is -0.325 e. The fourth-order valence-electron chi connectivity index (χ4n) is 2.56. The average Bonchev–Trinajstić information content (AvgIpc) is 2.47. The number of fused-ring (bicyclic) bond motifs is 1. The van der Waals surface area contributed by atoms with Crippen LogP contribution in [-0.4, -0.2) is 9.97 Å². The molecule has 2 N–H and O–H groups in total. The van der Waals surface area contributed by atoms with Crippen LogP contribution in [0, 0.1) is 0 Å². The maximum Gasteiger partial charge on any atom is 0.159 e. The monoisotopic (exact) mass is 275 g/mol. The van der Waals surface area contributed by atoms with Crippen molar-refractivity contribution in [3.63, 3.8) is 0 Å². The number of halogens is 1. The first-order valence-corrected chi connectivity index (χ1v) is 6.52. The summed E-state index contributed by atoms with van der Waals surface area (Å²) in [5, 5.41) is 0. The number of nitrogens with two attached hydrogens (primary N) is 1. The smallest absolute Gasteiger partial charge is 0.159 e. The van der Waals surface area contributed by atoms with Crippen molar-refractivity contribution in [2.75, 3.05) is 0 Å². The second kappa shape index (κ2) is 6.13. The molecule has 1 aromatic heterocycles. The number of aryl methyl sites for hydroxylation is 1. The SMILES string of the molecule is Cl.NCc1nc(-c2ccccc2)nc2c1CCCC2. The Hall–Kier alpha value is -1.45. The number of nitrogens with zero attached hydrogens (tertiary/aromatic N) is 2. The third-order valence-electron chi connectivity index (χ3n) is 3.49. The summed E-state index contributed by atoms with van der Waals surface area (Å²) in [5.74, 6) is 0.816. The highest BCUT2D eigenvalue weighted by Crippen LogP contribution is 2.25. The van der Waals surface area contributed by atoms with Crippen LogP contribution in [0.4, 0.5) is 0 Å². The van der Waals surface area contributed by atoms with Crippen LogP contribution in [0.25, 0.3) is 11.4 Å². The minimum absolute atomic E-state index is 0. The van der Waals surface area contributed by atoms with Crippen molar-refractivity contribution in [1.82, 2.24) is 9.97 Å². The van der Waals surface area contributed by atoms with Crippen molar-refractivity contribution in [3.8, 4) is 11.4 Å². The molecule has 0 fully saturated rings. The standard InChI is InChI=1S/C15H17N3.ClH/c16-10-14-12-8-4-5-9-13(12)17-15(18-14)11-6-2-1-3-7-11;/h1-3,6-7H,4-5,8-10,16H2;1H. The van der Waals surface area contributed by atoms with E-state index in [2.05, 4.69) is 4.98 Å². The van der Waals surface area contributed by atoms with Crippen molar-refractivity contribution in [3.05, 3.63) is 47.3 Å². The van der Waals surface area contributed by atoms with Crippen LogP contribution in [0.2, 0.25) is 0 Å². The molecule has 2 aromatic rings. The van der Waals surface area contributed by atoms with Gasteiger partial charge in [0.1, 0.15) is 0 Å². The quantitative estimate of drug-likeness (QED) is 0.917. The van der Waals surface area contributed by atoms with E-state index in [4.69, 9.17) is 10.7 Å². The lowest BCUT2D eigenvalue weighted by atomic mass is 9.94. The molecular formula is C15H18ClN3. The average molecular weight is 276 g/mol. The van der Waals surface area contributed by atoms with Gasteiger partial charge in [-0.25, -0.2) is 9.97 Å². The summed E-state index contributed by atoms with van der Waals surface area (Å²) in [7, 11) is 0. The third-order valence-corrected chi connectivity index (χ3v) is 3.49. The number of rotatable bonds is 2. The number of hydrogen-bond acceptors (Lipinski definition) is 3. The van der Waals surface area contributed by atoms with Gasteiger partial charge in [0.15, 0.2) is 5.82 Å². The van der Waals surface area contributed by atoms with E-state index in [1.54, 1.807) is 0 Å². The van der Waals surface area contributed by atoms with Crippen LogP contribution >= 0.6 is 12.4 Å². The van der Waals surface area contributed by atoms with Crippen molar-refractivity contribution in [2.24, 2.45) is 5.73 Å². The van der Waals surface area contributed by atoms with Gasteiger partial charge in [-0.2, -0.15) is 0 Å². The van der Waals surface area contributed by atoms with Gasteiger partial charge >= 0.3 is 0 Å². The summed E-state index contributed by atoms with van der Waals surface area (Å²) in [6.07, 6.45) is 4.60. The Morgan fingerprint density at radius 2 is 1.74 bits per heavy atom. The summed E-state index contributed by atoms with van der Waals surface area (Å²) < 4.78 is 0. The minimum atomic E-state index is 0. The van der Waals surface area contributed by atoms with Crippen LogP contribution in [0.5, 0.6) is 0 Å². The van der Waals surface area contributed by atoms with Crippen LogP contribution < -0.4 is 5.73 Å². The lowest BCUT2D eigenvalue weighted by molar-refractivity contribution is 0.652. The first kappa shape index (κ1) is 14.0. The molecule has 0 saturated carbocycles. The highest BCUT2D eigenvalue weighted by molar-refractivity contribution is 5.85. The lowest BCUT2D eigenvalue weighted by Gasteiger charge is -2.18. The summed E-state index contributed by atoms with van der Waals surface area (Å²) in [6.45, 7) is 0.505. The van der Waals surface area contributed by atoms with E-state index in [0.717, 1.165) is 29.9 Å². The first-order valence-electron chi connectivity index (χ1n) is 6.52. The highest BCUT2D eigenvalue weighted by atomic mass is 35.5. The lowest BCUT2D eigenvalue weighted by Crippen LogP contribution is -2.14. The predicted octanol–water partition coefficient (Wildman–Crippen LogP) is 2.90. The van der Waals surface area contributed by atoms with Crippen molar-refractivity contribution >= 4 is 12.4 Å². The number of benzene rings is 1. The Morgan fingerprint density at radius 1 is 1.00 bits per heavy atom.